The molecule has 0 aliphatic carbocycles. The summed E-state index contributed by atoms with van der Waals surface area (Å²) in [7, 11) is 1.93. The first-order chi connectivity index (χ1) is 9.15. The van der Waals surface area contributed by atoms with Crippen LogP contribution in [-0.4, -0.2) is 19.7 Å². The maximum atomic E-state index is 4.34. The zero-order valence-electron chi connectivity index (χ0n) is 11.1. The van der Waals surface area contributed by atoms with Gasteiger partial charge in [-0.15, -0.1) is 11.3 Å². The molecule has 3 aromatic heterocycles. The highest BCUT2D eigenvalue weighted by Crippen LogP contribution is 2.28. The van der Waals surface area contributed by atoms with Crippen LogP contribution in [0, 0.1) is 13.8 Å². The lowest BCUT2D eigenvalue weighted by atomic mass is 10.2. The van der Waals surface area contributed by atoms with Crippen molar-refractivity contribution in [1.29, 1.82) is 0 Å². The fourth-order valence-corrected chi connectivity index (χ4v) is 3.06. The molecule has 0 atom stereocenters. The second-order valence-electron chi connectivity index (χ2n) is 4.59. The number of rotatable bonds is 3. The Balaban J connectivity index is 1.88. The van der Waals surface area contributed by atoms with Crippen LogP contribution in [0.2, 0.25) is 0 Å². The molecule has 0 spiro atoms. The fraction of sp³-hybridized carbons (Fsp3) is 0.308. The summed E-state index contributed by atoms with van der Waals surface area (Å²) < 4.78 is 2.94. The van der Waals surface area contributed by atoms with Crippen LogP contribution in [0.1, 0.15) is 16.8 Å². The van der Waals surface area contributed by atoms with Crippen molar-refractivity contribution < 1.29 is 0 Å². The highest BCUT2D eigenvalue weighted by Gasteiger charge is 2.09. The maximum absolute atomic E-state index is 4.34. The number of nitrogens with one attached hydrogen (secondary N) is 1. The van der Waals surface area contributed by atoms with Crippen LogP contribution in [0.3, 0.4) is 0 Å². The molecule has 0 unspecified atom stereocenters. The molecule has 19 heavy (non-hydrogen) atoms. The number of nitrogens with zero attached hydrogens (tertiary/aromatic N) is 4. The Hall–Kier alpha value is -1.95. The van der Waals surface area contributed by atoms with Gasteiger partial charge in [0.25, 0.3) is 0 Å². The molecule has 3 rings (SSSR count). The molecule has 3 aromatic rings. The van der Waals surface area contributed by atoms with Crippen molar-refractivity contribution in [2.75, 3.05) is 5.32 Å². The van der Waals surface area contributed by atoms with Crippen molar-refractivity contribution in [3.05, 3.63) is 34.7 Å². The topological polar surface area (TPSA) is 55.6 Å². The average molecular weight is 273 g/mol. The van der Waals surface area contributed by atoms with Gasteiger partial charge in [0.1, 0.15) is 12.1 Å². The molecule has 5 nitrogen and oxygen atoms in total. The summed E-state index contributed by atoms with van der Waals surface area (Å²) in [6.07, 6.45) is 3.64. The molecule has 1 N–H and O–H groups in total. The summed E-state index contributed by atoms with van der Waals surface area (Å²) >= 11 is 1.68. The highest BCUT2D eigenvalue weighted by molar-refractivity contribution is 7.18. The minimum absolute atomic E-state index is 0.725. The van der Waals surface area contributed by atoms with Crippen LogP contribution in [-0.2, 0) is 13.6 Å². The van der Waals surface area contributed by atoms with Crippen LogP contribution in [0.5, 0.6) is 0 Å². The number of hydrogen-bond donors (Lipinski definition) is 1. The smallest absolute Gasteiger partial charge is 0.147 e. The fourth-order valence-electron chi connectivity index (χ4n) is 2.10. The van der Waals surface area contributed by atoms with Gasteiger partial charge >= 0.3 is 0 Å². The van der Waals surface area contributed by atoms with Crippen molar-refractivity contribution in [1.82, 2.24) is 19.7 Å². The lowest BCUT2D eigenvalue weighted by molar-refractivity contribution is 0.756. The lowest BCUT2D eigenvalue weighted by Gasteiger charge is -2.05. The Labute approximate surface area is 115 Å². The van der Waals surface area contributed by atoms with Crippen molar-refractivity contribution in [2.24, 2.45) is 7.05 Å². The number of aryl methyl sites for hydroxylation is 3. The second kappa shape index (κ2) is 4.62. The van der Waals surface area contributed by atoms with Crippen LogP contribution in [0.15, 0.2) is 17.9 Å². The van der Waals surface area contributed by atoms with E-state index in [0.717, 1.165) is 28.3 Å². The summed E-state index contributed by atoms with van der Waals surface area (Å²) in [5.41, 5.74) is 4.46. The van der Waals surface area contributed by atoms with Gasteiger partial charge in [-0.3, -0.25) is 4.68 Å². The van der Waals surface area contributed by atoms with Gasteiger partial charge in [-0.2, -0.15) is 5.10 Å². The van der Waals surface area contributed by atoms with Gasteiger partial charge < -0.3 is 5.32 Å². The van der Waals surface area contributed by atoms with E-state index in [1.54, 1.807) is 17.7 Å². The summed E-state index contributed by atoms with van der Waals surface area (Å²) in [5.74, 6) is 0.895. The average Bonchev–Trinajstić information content (AvgIpc) is 2.91. The largest absolute Gasteiger partial charge is 0.365 e. The Morgan fingerprint density at radius 1 is 1.32 bits per heavy atom. The van der Waals surface area contributed by atoms with E-state index in [1.807, 2.05) is 24.9 Å². The van der Waals surface area contributed by atoms with E-state index in [1.165, 1.54) is 11.1 Å². The van der Waals surface area contributed by atoms with E-state index in [0.29, 0.717) is 0 Å². The molecule has 0 saturated carbocycles. The molecule has 0 aliphatic heterocycles. The van der Waals surface area contributed by atoms with Crippen LogP contribution in [0.25, 0.3) is 10.2 Å². The van der Waals surface area contributed by atoms with Gasteiger partial charge in [0.15, 0.2) is 0 Å². The highest BCUT2D eigenvalue weighted by atomic mass is 32.1. The second-order valence-corrected chi connectivity index (χ2v) is 5.47. The van der Waals surface area contributed by atoms with Crippen LogP contribution < -0.4 is 5.32 Å². The summed E-state index contributed by atoms with van der Waals surface area (Å²) in [5, 5.41) is 9.82. The number of thiophene rings is 1. The molecular formula is C13H15N5S. The molecule has 0 radical (unpaired) electrons. The van der Waals surface area contributed by atoms with Gasteiger partial charge in [-0.05, 0) is 24.8 Å². The van der Waals surface area contributed by atoms with Crippen LogP contribution >= 0.6 is 11.3 Å². The minimum Gasteiger partial charge on any atom is -0.365 e. The standard InChI is InChI=1S/C13H15N5S/c1-8-6-19-12-11(8)15-7-16-13(12)14-4-10-5-18(3)17-9(10)2/h5-7H,4H2,1-3H3,(H,14,15,16). The molecule has 0 saturated heterocycles. The Kier molecular flexibility index (Phi) is 2.94. The molecule has 0 amide bonds. The molecule has 98 valence electrons. The first-order valence-corrected chi connectivity index (χ1v) is 6.95. The normalized spacial score (nSPS) is 11.1. The zero-order chi connectivity index (χ0) is 13.4. The third kappa shape index (κ3) is 2.19. The molecule has 6 heteroatoms. The van der Waals surface area contributed by atoms with E-state index >= 15 is 0 Å². The zero-order valence-corrected chi connectivity index (χ0v) is 12.0. The van der Waals surface area contributed by atoms with E-state index in [-0.39, 0.29) is 0 Å². The predicted molar refractivity (Wildman–Crippen MR) is 77.4 cm³/mol. The first kappa shape index (κ1) is 12.1. The van der Waals surface area contributed by atoms with Gasteiger partial charge in [0.2, 0.25) is 0 Å². The van der Waals surface area contributed by atoms with E-state index in [4.69, 9.17) is 0 Å². The molecular weight excluding hydrogens is 258 g/mol. The maximum Gasteiger partial charge on any atom is 0.147 e. The summed E-state index contributed by atoms with van der Waals surface area (Å²) in [6, 6.07) is 0. The summed E-state index contributed by atoms with van der Waals surface area (Å²) in [6.45, 7) is 4.81. The third-order valence-electron chi connectivity index (χ3n) is 3.09. The van der Waals surface area contributed by atoms with Crippen molar-refractivity contribution in [3.63, 3.8) is 0 Å². The van der Waals surface area contributed by atoms with Gasteiger partial charge in [-0.1, -0.05) is 0 Å². The Morgan fingerprint density at radius 2 is 2.16 bits per heavy atom. The lowest BCUT2D eigenvalue weighted by Crippen LogP contribution is -2.02. The predicted octanol–water partition coefficient (Wildman–Crippen LogP) is 2.65. The number of aromatic nitrogens is 4. The van der Waals surface area contributed by atoms with E-state index in [2.05, 4.69) is 32.7 Å². The van der Waals surface area contributed by atoms with Gasteiger partial charge in [0, 0.05) is 25.4 Å². The number of anilines is 1. The minimum atomic E-state index is 0.725. The van der Waals surface area contributed by atoms with Crippen molar-refractivity contribution in [2.45, 2.75) is 20.4 Å². The third-order valence-corrected chi connectivity index (χ3v) is 4.19. The molecule has 0 aliphatic rings. The SMILES string of the molecule is Cc1nn(C)cc1CNc1ncnc2c(C)csc12. The molecule has 0 bridgehead atoms. The molecule has 3 heterocycles. The Morgan fingerprint density at radius 3 is 2.89 bits per heavy atom. The monoisotopic (exact) mass is 273 g/mol. The van der Waals surface area contributed by atoms with Crippen molar-refractivity contribution >= 4 is 27.4 Å². The van der Waals surface area contributed by atoms with Crippen molar-refractivity contribution in [3.8, 4) is 0 Å². The Bertz CT molecular complexity index is 728. The number of hydrogen-bond acceptors (Lipinski definition) is 5. The van der Waals surface area contributed by atoms with Gasteiger partial charge in [0.05, 0.1) is 15.9 Å². The molecule has 0 aromatic carbocycles. The molecule has 0 fully saturated rings. The van der Waals surface area contributed by atoms with E-state index in [9.17, 15) is 0 Å². The van der Waals surface area contributed by atoms with E-state index < -0.39 is 0 Å². The van der Waals surface area contributed by atoms with Crippen LogP contribution in [0.4, 0.5) is 5.82 Å². The quantitative estimate of drug-likeness (QED) is 0.797. The number of fused-ring (bicyclic) bond motifs is 1. The first-order valence-electron chi connectivity index (χ1n) is 6.07. The van der Waals surface area contributed by atoms with Gasteiger partial charge in [-0.25, -0.2) is 9.97 Å². The summed E-state index contributed by atoms with van der Waals surface area (Å²) in [4.78, 5) is 8.65.